The van der Waals surface area contributed by atoms with Gasteiger partial charge in [0.15, 0.2) is 0 Å². The molecule has 1 fully saturated rings. The number of nitrogens with one attached hydrogen (secondary N) is 1. The molecule has 4 rings (SSSR count). The van der Waals surface area contributed by atoms with Crippen LogP contribution in [-0.4, -0.2) is 27.6 Å². The molecule has 1 aliphatic heterocycles. The van der Waals surface area contributed by atoms with Gasteiger partial charge in [0.05, 0.1) is 16.1 Å². The second-order valence-corrected chi connectivity index (χ2v) is 6.87. The molecule has 0 aliphatic carbocycles. The summed E-state index contributed by atoms with van der Waals surface area (Å²) in [5.74, 6) is 0.395. The Bertz CT molecular complexity index is 1040. The molecule has 1 aliphatic rings. The van der Waals surface area contributed by atoms with E-state index in [0.29, 0.717) is 29.1 Å². The highest BCUT2D eigenvalue weighted by molar-refractivity contribution is 5.93. The topological polar surface area (TPSA) is 90.1 Å². The van der Waals surface area contributed by atoms with Crippen LogP contribution < -0.4 is 11.0 Å². The van der Waals surface area contributed by atoms with E-state index in [1.165, 1.54) is 12.1 Å². The Morgan fingerprint density at radius 1 is 1.15 bits per heavy atom. The van der Waals surface area contributed by atoms with Crippen LogP contribution in [0.25, 0.3) is 22.2 Å². The number of rotatable bonds is 4. The highest BCUT2D eigenvalue weighted by Crippen LogP contribution is 2.29. The van der Waals surface area contributed by atoms with Gasteiger partial charge in [-0.2, -0.15) is 4.98 Å². The molecule has 0 radical (unpaired) electrons. The summed E-state index contributed by atoms with van der Waals surface area (Å²) in [4.78, 5) is 28.0. The lowest BCUT2D eigenvalue weighted by Crippen LogP contribution is -2.33. The highest BCUT2D eigenvalue weighted by Gasteiger charge is 2.19. The van der Waals surface area contributed by atoms with Gasteiger partial charge in [-0.15, -0.1) is 0 Å². The second-order valence-electron chi connectivity index (χ2n) is 6.87. The van der Waals surface area contributed by atoms with Crippen molar-refractivity contribution in [1.29, 1.82) is 0 Å². The van der Waals surface area contributed by atoms with Crippen LogP contribution in [0.5, 0.6) is 0 Å². The first-order chi connectivity index (χ1) is 13.1. The number of hydrogen-bond acceptors (Lipinski definition) is 5. The molecule has 138 valence electrons. The average molecular weight is 364 g/mol. The minimum absolute atomic E-state index is 0.00598. The average Bonchev–Trinajstić information content (AvgIpc) is 2.71. The quantitative estimate of drug-likeness (QED) is 0.568. The van der Waals surface area contributed by atoms with Gasteiger partial charge in [-0.25, -0.2) is 4.79 Å². The summed E-state index contributed by atoms with van der Waals surface area (Å²) in [7, 11) is 0. The first-order valence-corrected chi connectivity index (χ1v) is 9.08. The molecule has 1 N–H and O–H groups in total. The van der Waals surface area contributed by atoms with Gasteiger partial charge in [0.25, 0.3) is 5.69 Å². The molecule has 2 heterocycles. The molecule has 27 heavy (non-hydrogen) atoms. The van der Waals surface area contributed by atoms with Crippen molar-refractivity contribution < 1.29 is 4.92 Å². The molecule has 0 spiro atoms. The summed E-state index contributed by atoms with van der Waals surface area (Å²) in [5, 5.41) is 15.2. The largest absolute Gasteiger partial charge is 0.348 e. The Kier molecular flexibility index (Phi) is 4.68. The van der Waals surface area contributed by atoms with Crippen molar-refractivity contribution in [2.75, 3.05) is 13.1 Å². The molecule has 0 unspecified atom stereocenters. The smallest absolute Gasteiger partial charge is 0.317 e. The van der Waals surface area contributed by atoms with Crippen molar-refractivity contribution in [2.45, 2.75) is 19.4 Å². The van der Waals surface area contributed by atoms with Gasteiger partial charge in [0.2, 0.25) is 0 Å². The third-order valence-electron chi connectivity index (χ3n) is 5.12. The van der Waals surface area contributed by atoms with Gasteiger partial charge in [0, 0.05) is 29.6 Å². The molecule has 1 saturated heterocycles. The van der Waals surface area contributed by atoms with Gasteiger partial charge >= 0.3 is 5.69 Å². The van der Waals surface area contributed by atoms with Crippen LogP contribution in [0, 0.1) is 16.0 Å². The predicted octanol–water partition coefficient (Wildman–Crippen LogP) is 2.97. The third kappa shape index (κ3) is 3.46. The van der Waals surface area contributed by atoms with Gasteiger partial charge < -0.3 is 5.32 Å². The number of nitro benzene ring substituents is 1. The number of nitrogens with zero attached hydrogens (tertiary/aromatic N) is 3. The fraction of sp³-hybridized carbons (Fsp3) is 0.300. The summed E-state index contributed by atoms with van der Waals surface area (Å²) in [6, 6.07) is 14.0. The first-order valence-electron chi connectivity index (χ1n) is 9.08. The number of benzene rings is 2. The lowest BCUT2D eigenvalue weighted by atomic mass is 9.97. The van der Waals surface area contributed by atoms with Crippen LogP contribution in [-0.2, 0) is 6.54 Å². The third-order valence-corrected chi connectivity index (χ3v) is 5.12. The Labute approximate surface area is 155 Å². The molecule has 7 heteroatoms. The zero-order valence-corrected chi connectivity index (χ0v) is 14.8. The minimum atomic E-state index is -0.420. The van der Waals surface area contributed by atoms with Crippen LogP contribution in [0.4, 0.5) is 5.69 Å². The fourth-order valence-corrected chi connectivity index (χ4v) is 3.70. The number of aromatic nitrogens is 2. The summed E-state index contributed by atoms with van der Waals surface area (Å²) >= 11 is 0. The molecule has 3 aromatic rings. The number of non-ortho nitro benzene ring substituents is 1. The highest BCUT2D eigenvalue weighted by atomic mass is 16.6. The van der Waals surface area contributed by atoms with E-state index >= 15 is 0 Å². The zero-order chi connectivity index (χ0) is 18.8. The SMILES string of the molecule is O=c1nc(-c2ccccc2)c2cc([N+](=O)[O-])ccc2n1CC1CCNCC1. The lowest BCUT2D eigenvalue weighted by Gasteiger charge is -2.24. The first kappa shape index (κ1) is 17.4. The summed E-state index contributed by atoms with van der Waals surface area (Å²) in [6.07, 6.45) is 2.00. The Morgan fingerprint density at radius 2 is 1.89 bits per heavy atom. The molecule has 2 aromatic carbocycles. The second kappa shape index (κ2) is 7.28. The van der Waals surface area contributed by atoms with Crippen LogP contribution in [0.3, 0.4) is 0 Å². The molecular formula is C20H20N4O3. The summed E-state index contributed by atoms with van der Waals surface area (Å²) < 4.78 is 1.67. The normalized spacial score (nSPS) is 15.1. The van der Waals surface area contributed by atoms with E-state index in [1.807, 2.05) is 30.3 Å². The number of fused-ring (bicyclic) bond motifs is 1. The van der Waals surface area contributed by atoms with Crippen molar-refractivity contribution in [3.05, 3.63) is 69.1 Å². The zero-order valence-electron chi connectivity index (χ0n) is 14.8. The summed E-state index contributed by atoms with van der Waals surface area (Å²) in [6.45, 7) is 2.47. The standard InChI is InChI=1S/C20H20N4O3/c25-20-22-19(15-4-2-1-3-5-15)17-12-16(24(26)27)6-7-18(17)23(20)13-14-8-10-21-11-9-14/h1-7,12,14,21H,8-11,13H2. The van der Waals surface area contributed by atoms with Gasteiger partial charge in [0.1, 0.15) is 0 Å². The van der Waals surface area contributed by atoms with Crippen LogP contribution in [0.1, 0.15) is 12.8 Å². The van der Waals surface area contributed by atoms with Crippen LogP contribution >= 0.6 is 0 Å². The minimum Gasteiger partial charge on any atom is -0.317 e. The van der Waals surface area contributed by atoms with E-state index in [9.17, 15) is 14.9 Å². The van der Waals surface area contributed by atoms with Crippen molar-refractivity contribution in [3.63, 3.8) is 0 Å². The lowest BCUT2D eigenvalue weighted by molar-refractivity contribution is -0.384. The van der Waals surface area contributed by atoms with Crippen LogP contribution in [0.15, 0.2) is 53.3 Å². The molecule has 0 saturated carbocycles. The molecule has 1 aromatic heterocycles. The monoisotopic (exact) mass is 364 g/mol. The molecule has 7 nitrogen and oxygen atoms in total. The van der Waals surface area contributed by atoms with E-state index in [2.05, 4.69) is 10.3 Å². The fourth-order valence-electron chi connectivity index (χ4n) is 3.70. The van der Waals surface area contributed by atoms with Crippen molar-refractivity contribution in [1.82, 2.24) is 14.9 Å². The maximum absolute atomic E-state index is 12.8. The van der Waals surface area contributed by atoms with Gasteiger partial charge in [-0.3, -0.25) is 14.7 Å². The van der Waals surface area contributed by atoms with Crippen molar-refractivity contribution in [3.8, 4) is 11.3 Å². The molecule has 0 amide bonds. The molecule has 0 bridgehead atoms. The maximum Gasteiger partial charge on any atom is 0.348 e. The molecule has 0 atom stereocenters. The van der Waals surface area contributed by atoms with Crippen molar-refractivity contribution in [2.24, 2.45) is 5.92 Å². The van der Waals surface area contributed by atoms with Gasteiger partial charge in [-0.05, 0) is 37.9 Å². The van der Waals surface area contributed by atoms with Crippen molar-refractivity contribution >= 4 is 16.6 Å². The van der Waals surface area contributed by atoms with E-state index < -0.39 is 4.92 Å². The Morgan fingerprint density at radius 3 is 2.59 bits per heavy atom. The number of hydrogen-bond donors (Lipinski definition) is 1. The number of piperidine rings is 1. The Hall–Kier alpha value is -3.06. The Balaban J connectivity index is 1.91. The van der Waals surface area contributed by atoms with E-state index in [4.69, 9.17) is 0 Å². The van der Waals surface area contributed by atoms with Crippen LogP contribution in [0.2, 0.25) is 0 Å². The van der Waals surface area contributed by atoms with E-state index in [1.54, 1.807) is 10.6 Å². The van der Waals surface area contributed by atoms with E-state index in [0.717, 1.165) is 31.5 Å². The predicted molar refractivity (Wildman–Crippen MR) is 104 cm³/mol. The summed E-state index contributed by atoms with van der Waals surface area (Å²) in [5.41, 5.74) is 1.63. The van der Waals surface area contributed by atoms with E-state index in [-0.39, 0.29) is 11.4 Å². The molecular weight excluding hydrogens is 344 g/mol. The maximum atomic E-state index is 12.8. The van der Waals surface area contributed by atoms with Gasteiger partial charge in [-0.1, -0.05) is 30.3 Å². The number of nitro groups is 1.